The minimum absolute atomic E-state index is 0.0206. The van der Waals surface area contributed by atoms with Crippen LogP contribution in [0.5, 0.6) is 0 Å². The number of pyridine rings is 1. The first kappa shape index (κ1) is 26.9. The van der Waals surface area contributed by atoms with E-state index in [-0.39, 0.29) is 38.0 Å². The number of carbonyl (C=O) groups is 1. The zero-order chi connectivity index (χ0) is 26.3. The summed E-state index contributed by atoms with van der Waals surface area (Å²) in [5.74, 6) is -0.331. The molecule has 0 bridgehead atoms. The molecule has 12 heteroatoms. The Hall–Kier alpha value is -2.11. The minimum atomic E-state index is -4.08. The standard InChI is InChI=1S/C24H22Cl2N2O5S3/c1-14(2)35(30,31)18-8-6-17(7-9-18)34-20-10-12-22(27-23(20)24(29)15-3-4-15)28-36(32,33)21-11-5-16(25)13-19(21)26/h5-15H,3-4H2,1-2H3,(H,27,28). The summed E-state index contributed by atoms with van der Waals surface area (Å²) in [5, 5.41) is -0.285. The van der Waals surface area contributed by atoms with Gasteiger partial charge in [-0.15, -0.1) is 0 Å². The van der Waals surface area contributed by atoms with Gasteiger partial charge in [0.05, 0.1) is 15.2 Å². The van der Waals surface area contributed by atoms with Crippen molar-refractivity contribution in [1.82, 2.24) is 4.98 Å². The Morgan fingerprint density at radius 1 is 1.00 bits per heavy atom. The zero-order valence-electron chi connectivity index (χ0n) is 19.2. The lowest BCUT2D eigenvalue weighted by Gasteiger charge is -2.13. The van der Waals surface area contributed by atoms with Crippen molar-refractivity contribution in [2.24, 2.45) is 5.92 Å². The molecule has 3 aromatic rings. The molecule has 0 amide bonds. The van der Waals surface area contributed by atoms with E-state index in [9.17, 15) is 21.6 Å². The molecule has 1 aliphatic rings. The number of sulfonamides is 1. The lowest BCUT2D eigenvalue weighted by atomic mass is 10.2. The second kappa shape index (κ2) is 10.3. The molecule has 190 valence electrons. The van der Waals surface area contributed by atoms with Gasteiger partial charge in [-0.1, -0.05) is 35.0 Å². The smallest absolute Gasteiger partial charge is 0.264 e. The van der Waals surface area contributed by atoms with Gasteiger partial charge < -0.3 is 0 Å². The number of halogens is 2. The van der Waals surface area contributed by atoms with Crippen molar-refractivity contribution in [3.8, 4) is 0 Å². The van der Waals surface area contributed by atoms with Crippen LogP contribution in [0, 0.1) is 5.92 Å². The van der Waals surface area contributed by atoms with E-state index >= 15 is 0 Å². The summed E-state index contributed by atoms with van der Waals surface area (Å²) in [7, 11) is -7.48. The lowest BCUT2D eigenvalue weighted by Crippen LogP contribution is -2.16. The number of nitrogens with zero attached hydrogens (tertiary/aromatic N) is 1. The highest BCUT2D eigenvalue weighted by molar-refractivity contribution is 7.99. The molecular weight excluding hydrogens is 563 g/mol. The number of aromatic nitrogens is 1. The molecule has 1 heterocycles. The van der Waals surface area contributed by atoms with E-state index < -0.39 is 25.1 Å². The van der Waals surface area contributed by atoms with Crippen LogP contribution >= 0.6 is 35.0 Å². The third kappa shape index (κ3) is 5.89. The fourth-order valence-electron chi connectivity index (χ4n) is 3.28. The van der Waals surface area contributed by atoms with E-state index in [4.69, 9.17) is 23.2 Å². The van der Waals surface area contributed by atoms with Gasteiger partial charge in [0.15, 0.2) is 15.6 Å². The third-order valence-electron chi connectivity index (χ3n) is 5.46. The maximum absolute atomic E-state index is 13.0. The molecule has 7 nitrogen and oxygen atoms in total. The van der Waals surface area contributed by atoms with Gasteiger partial charge in [-0.05, 0) is 81.3 Å². The van der Waals surface area contributed by atoms with Crippen molar-refractivity contribution < 1.29 is 21.6 Å². The fourth-order valence-corrected chi connectivity index (χ4v) is 7.02. The number of nitrogens with one attached hydrogen (secondary N) is 1. The van der Waals surface area contributed by atoms with Crippen LogP contribution in [-0.2, 0) is 19.9 Å². The van der Waals surface area contributed by atoms with Crippen LogP contribution in [0.25, 0.3) is 0 Å². The SMILES string of the molecule is CC(C)S(=O)(=O)c1ccc(Sc2ccc(NS(=O)(=O)c3ccc(Cl)cc3Cl)nc2C(=O)C2CC2)cc1. The molecule has 2 aromatic carbocycles. The second-order valence-electron chi connectivity index (χ2n) is 8.53. The van der Waals surface area contributed by atoms with Gasteiger partial charge in [0.1, 0.15) is 16.4 Å². The maximum Gasteiger partial charge on any atom is 0.264 e. The Balaban J connectivity index is 1.63. The summed E-state index contributed by atoms with van der Waals surface area (Å²) in [6.07, 6.45) is 1.51. The molecule has 1 fully saturated rings. The van der Waals surface area contributed by atoms with Crippen LogP contribution in [0.3, 0.4) is 0 Å². The Morgan fingerprint density at radius 3 is 2.25 bits per heavy atom. The van der Waals surface area contributed by atoms with Crippen molar-refractivity contribution >= 4 is 66.4 Å². The predicted octanol–water partition coefficient (Wildman–Crippen LogP) is 6.12. The highest BCUT2D eigenvalue weighted by atomic mass is 35.5. The van der Waals surface area contributed by atoms with Crippen molar-refractivity contribution in [2.75, 3.05) is 4.72 Å². The quantitative estimate of drug-likeness (QED) is 0.302. The number of Topliss-reactive ketones (excluding diaryl/α,β-unsaturated/α-hetero) is 1. The highest BCUT2D eigenvalue weighted by Gasteiger charge is 2.33. The third-order valence-corrected chi connectivity index (χ3v) is 10.8. The van der Waals surface area contributed by atoms with E-state index in [0.717, 1.165) is 12.8 Å². The van der Waals surface area contributed by atoms with Gasteiger partial charge in [0.2, 0.25) is 0 Å². The number of anilines is 1. The van der Waals surface area contributed by atoms with Crippen LogP contribution in [0.2, 0.25) is 10.0 Å². The van der Waals surface area contributed by atoms with Crippen LogP contribution in [0.4, 0.5) is 5.82 Å². The molecule has 1 N–H and O–H groups in total. The average Bonchev–Trinajstić information content (AvgIpc) is 3.65. The number of hydrogen-bond donors (Lipinski definition) is 1. The molecular formula is C24H22Cl2N2O5S3. The van der Waals surface area contributed by atoms with Gasteiger partial charge in [0, 0.05) is 20.7 Å². The summed E-state index contributed by atoms with van der Waals surface area (Å²) >= 11 is 13.2. The average molecular weight is 586 g/mol. The molecule has 0 atom stereocenters. The van der Waals surface area contributed by atoms with Crippen molar-refractivity contribution in [3.63, 3.8) is 0 Å². The number of sulfone groups is 1. The topological polar surface area (TPSA) is 110 Å². The van der Waals surface area contributed by atoms with Gasteiger partial charge >= 0.3 is 0 Å². The largest absolute Gasteiger partial charge is 0.292 e. The molecule has 1 aromatic heterocycles. The number of hydrogen-bond acceptors (Lipinski definition) is 7. The number of carbonyl (C=O) groups excluding carboxylic acids is 1. The summed E-state index contributed by atoms with van der Waals surface area (Å²) in [5.41, 5.74) is 0.156. The summed E-state index contributed by atoms with van der Waals surface area (Å²) in [6, 6.07) is 13.5. The van der Waals surface area contributed by atoms with E-state index in [1.54, 1.807) is 32.0 Å². The molecule has 1 saturated carbocycles. The lowest BCUT2D eigenvalue weighted by molar-refractivity contribution is 0.0959. The predicted molar refractivity (Wildman–Crippen MR) is 141 cm³/mol. The zero-order valence-corrected chi connectivity index (χ0v) is 23.2. The minimum Gasteiger partial charge on any atom is -0.292 e. The van der Waals surface area contributed by atoms with Crippen molar-refractivity contribution in [1.29, 1.82) is 0 Å². The number of benzene rings is 2. The van der Waals surface area contributed by atoms with Crippen LogP contribution < -0.4 is 4.72 Å². The van der Waals surface area contributed by atoms with E-state index in [0.29, 0.717) is 14.8 Å². The van der Waals surface area contributed by atoms with Gasteiger partial charge in [-0.3, -0.25) is 9.52 Å². The first-order valence-electron chi connectivity index (χ1n) is 10.9. The molecule has 0 radical (unpaired) electrons. The molecule has 1 aliphatic carbocycles. The molecule has 0 spiro atoms. The summed E-state index contributed by atoms with van der Waals surface area (Å²) in [4.78, 5) is 18.6. The molecule has 4 rings (SSSR count). The first-order chi connectivity index (χ1) is 16.9. The van der Waals surface area contributed by atoms with E-state index in [1.807, 2.05) is 0 Å². The normalized spacial score (nSPS) is 14.1. The summed E-state index contributed by atoms with van der Waals surface area (Å²) in [6.45, 7) is 3.24. The maximum atomic E-state index is 13.0. The molecule has 36 heavy (non-hydrogen) atoms. The Labute approximate surface area is 224 Å². The van der Waals surface area contributed by atoms with Gasteiger partial charge in [-0.2, -0.15) is 0 Å². The second-order valence-corrected chi connectivity index (χ2v) is 14.6. The number of rotatable bonds is 9. The Morgan fingerprint density at radius 2 is 1.67 bits per heavy atom. The molecule has 0 saturated heterocycles. The highest BCUT2D eigenvalue weighted by Crippen LogP contribution is 2.38. The molecule has 0 aliphatic heterocycles. The number of ketones is 1. The summed E-state index contributed by atoms with van der Waals surface area (Å²) < 4.78 is 52.9. The van der Waals surface area contributed by atoms with Crippen LogP contribution in [0.1, 0.15) is 37.2 Å². The van der Waals surface area contributed by atoms with Crippen molar-refractivity contribution in [3.05, 3.63) is 70.3 Å². The fraction of sp³-hybridized carbons (Fsp3) is 0.250. The van der Waals surface area contributed by atoms with Gasteiger partial charge in [0.25, 0.3) is 10.0 Å². The van der Waals surface area contributed by atoms with E-state index in [1.165, 1.54) is 48.2 Å². The first-order valence-corrected chi connectivity index (χ1v) is 15.5. The Bertz CT molecular complexity index is 1540. The van der Waals surface area contributed by atoms with Crippen LogP contribution in [-0.4, -0.2) is 32.9 Å². The van der Waals surface area contributed by atoms with Crippen molar-refractivity contribution in [2.45, 2.75) is 51.5 Å². The van der Waals surface area contributed by atoms with Crippen LogP contribution in [0.15, 0.2) is 74.2 Å². The van der Waals surface area contributed by atoms with Gasteiger partial charge in [-0.25, -0.2) is 21.8 Å². The monoisotopic (exact) mass is 584 g/mol. The van der Waals surface area contributed by atoms with E-state index in [2.05, 4.69) is 9.71 Å². The Kier molecular flexibility index (Phi) is 7.73. The molecule has 0 unspecified atom stereocenters.